The van der Waals surface area contributed by atoms with Gasteiger partial charge in [0.15, 0.2) is 0 Å². The Bertz CT molecular complexity index is 761. The number of carbonyl (C=O) groups is 2. The zero-order valence-electron chi connectivity index (χ0n) is 20.3. The third kappa shape index (κ3) is 7.38. The topological polar surface area (TPSA) is 89.5 Å². The number of likely N-dealkylation sites (tertiary alicyclic amines) is 2. The first kappa shape index (κ1) is 24.9. The molecular weight excluding hydrogens is 434 g/mol. The van der Waals surface area contributed by atoms with Gasteiger partial charge in [-0.1, -0.05) is 0 Å². The Morgan fingerprint density at radius 1 is 0.735 bits per heavy atom. The second-order valence-corrected chi connectivity index (χ2v) is 9.72. The van der Waals surface area contributed by atoms with Gasteiger partial charge in [0.05, 0.1) is 37.7 Å². The molecule has 0 radical (unpaired) electrons. The summed E-state index contributed by atoms with van der Waals surface area (Å²) in [4.78, 5) is 38.5. The summed E-state index contributed by atoms with van der Waals surface area (Å²) >= 11 is 0. The molecule has 34 heavy (non-hydrogen) atoms. The summed E-state index contributed by atoms with van der Waals surface area (Å²) in [5.74, 6) is 0.460. The van der Waals surface area contributed by atoms with Gasteiger partial charge in [-0.25, -0.2) is 0 Å². The molecule has 0 spiro atoms. The van der Waals surface area contributed by atoms with E-state index in [4.69, 9.17) is 9.72 Å². The standard InChI is InChI=1S/C25H39N5O4/c31-23-15-21-17-27(19-24(32)29-7-3-1-4-8-29)11-13-34-14-12-28(18-22(16-23)26-21)20-25(33)30-9-5-2-6-10-30/h15-16H,1-14,17-20H2,(H,26,31). The normalized spacial score (nSPS) is 21.5. The van der Waals surface area contributed by atoms with Gasteiger partial charge in [-0.05, 0) is 38.5 Å². The molecule has 0 saturated carbocycles. The van der Waals surface area contributed by atoms with Crippen LogP contribution in [0.4, 0.5) is 0 Å². The molecule has 2 saturated heterocycles. The lowest BCUT2D eigenvalue weighted by Crippen LogP contribution is -2.44. The molecule has 1 N–H and O–H groups in total. The van der Waals surface area contributed by atoms with Crippen molar-refractivity contribution in [2.24, 2.45) is 0 Å². The summed E-state index contributed by atoms with van der Waals surface area (Å²) < 4.78 is 5.91. The molecule has 188 valence electrons. The fraction of sp³-hybridized carbons (Fsp3) is 0.720. The predicted molar refractivity (Wildman–Crippen MR) is 128 cm³/mol. The number of carbonyl (C=O) groups excluding carboxylic acids is 2. The number of aromatic nitrogens is 1. The largest absolute Gasteiger partial charge is 0.508 e. The predicted octanol–water partition coefficient (Wildman–Crippen LogP) is 1.45. The fourth-order valence-corrected chi connectivity index (χ4v) is 5.04. The number of ether oxygens (including phenoxy) is 1. The number of hydrogen-bond acceptors (Lipinski definition) is 7. The van der Waals surface area contributed by atoms with Gasteiger partial charge in [0, 0.05) is 64.5 Å². The highest BCUT2D eigenvalue weighted by molar-refractivity contribution is 5.78. The highest BCUT2D eigenvalue weighted by atomic mass is 16.5. The molecule has 2 fully saturated rings. The van der Waals surface area contributed by atoms with Crippen LogP contribution < -0.4 is 0 Å². The summed E-state index contributed by atoms with van der Waals surface area (Å²) in [5.41, 5.74) is 1.45. The van der Waals surface area contributed by atoms with Crippen molar-refractivity contribution in [2.75, 3.05) is 65.6 Å². The van der Waals surface area contributed by atoms with Crippen LogP contribution in [0.25, 0.3) is 0 Å². The number of hydrogen-bond donors (Lipinski definition) is 1. The zero-order valence-corrected chi connectivity index (χ0v) is 20.3. The minimum Gasteiger partial charge on any atom is -0.508 e. The molecule has 3 aliphatic rings. The van der Waals surface area contributed by atoms with Gasteiger partial charge >= 0.3 is 0 Å². The fourth-order valence-electron chi connectivity index (χ4n) is 5.04. The maximum absolute atomic E-state index is 12.8. The van der Waals surface area contributed by atoms with Gasteiger partial charge in [-0.15, -0.1) is 0 Å². The highest BCUT2D eigenvalue weighted by Gasteiger charge is 2.23. The summed E-state index contributed by atoms with van der Waals surface area (Å²) in [7, 11) is 0. The highest BCUT2D eigenvalue weighted by Crippen LogP contribution is 2.17. The van der Waals surface area contributed by atoms with Crippen LogP contribution in [-0.2, 0) is 27.4 Å². The Balaban J connectivity index is 1.42. The Morgan fingerprint density at radius 3 is 1.62 bits per heavy atom. The van der Waals surface area contributed by atoms with Gasteiger partial charge in [-0.2, -0.15) is 0 Å². The van der Waals surface area contributed by atoms with E-state index in [-0.39, 0.29) is 17.6 Å². The molecule has 2 bridgehead atoms. The van der Waals surface area contributed by atoms with E-state index in [1.54, 1.807) is 12.1 Å². The van der Waals surface area contributed by atoms with E-state index in [0.717, 1.165) is 63.3 Å². The molecule has 0 unspecified atom stereocenters. The Kier molecular flexibility index (Phi) is 9.12. The molecular formula is C25H39N5O4. The van der Waals surface area contributed by atoms with E-state index in [1.807, 2.05) is 9.80 Å². The number of fused-ring (bicyclic) bond motifs is 2. The lowest BCUT2D eigenvalue weighted by molar-refractivity contribution is -0.134. The summed E-state index contributed by atoms with van der Waals surface area (Å²) in [6.45, 7) is 7.17. The third-order valence-corrected chi connectivity index (χ3v) is 6.93. The van der Waals surface area contributed by atoms with Gasteiger partial charge in [-0.3, -0.25) is 24.4 Å². The summed E-state index contributed by atoms with van der Waals surface area (Å²) in [5, 5.41) is 10.4. The molecule has 4 heterocycles. The lowest BCUT2D eigenvalue weighted by atomic mass is 10.1. The van der Waals surface area contributed by atoms with Crippen molar-refractivity contribution < 1.29 is 19.4 Å². The van der Waals surface area contributed by atoms with Crippen molar-refractivity contribution >= 4 is 11.8 Å². The van der Waals surface area contributed by atoms with Crippen LogP contribution in [0.2, 0.25) is 0 Å². The molecule has 1 aromatic heterocycles. The Morgan fingerprint density at radius 2 is 1.18 bits per heavy atom. The van der Waals surface area contributed by atoms with Crippen molar-refractivity contribution in [3.63, 3.8) is 0 Å². The lowest BCUT2D eigenvalue weighted by Gasteiger charge is -2.31. The van der Waals surface area contributed by atoms with Gasteiger partial charge in [0.2, 0.25) is 11.8 Å². The number of amides is 2. The van der Waals surface area contributed by atoms with E-state index in [9.17, 15) is 14.7 Å². The smallest absolute Gasteiger partial charge is 0.236 e. The molecule has 4 rings (SSSR count). The SMILES string of the molecule is O=C(CN1CCOCCN(CC(=O)N2CCCCC2)Cc2cc(O)cc(n2)C1)N1CCCCC1. The van der Waals surface area contributed by atoms with Crippen LogP contribution in [0.15, 0.2) is 12.1 Å². The molecule has 3 aliphatic heterocycles. The van der Waals surface area contributed by atoms with E-state index >= 15 is 0 Å². The summed E-state index contributed by atoms with van der Waals surface area (Å²) in [6.07, 6.45) is 6.67. The summed E-state index contributed by atoms with van der Waals surface area (Å²) in [6, 6.07) is 3.33. The van der Waals surface area contributed by atoms with Crippen molar-refractivity contribution in [1.29, 1.82) is 0 Å². The second kappa shape index (κ2) is 12.5. The molecule has 9 nitrogen and oxygen atoms in total. The van der Waals surface area contributed by atoms with E-state index in [0.29, 0.717) is 52.5 Å². The van der Waals surface area contributed by atoms with Gasteiger partial charge in [0.25, 0.3) is 0 Å². The minimum atomic E-state index is 0.148. The number of piperidine rings is 2. The molecule has 2 amide bonds. The molecule has 0 aliphatic carbocycles. The van der Waals surface area contributed by atoms with Crippen LogP contribution in [0, 0.1) is 0 Å². The third-order valence-electron chi connectivity index (χ3n) is 6.93. The van der Waals surface area contributed by atoms with Crippen molar-refractivity contribution in [1.82, 2.24) is 24.6 Å². The number of nitrogens with zero attached hydrogens (tertiary/aromatic N) is 5. The minimum absolute atomic E-state index is 0.148. The molecule has 0 atom stereocenters. The maximum atomic E-state index is 12.8. The van der Waals surface area contributed by atoms with Crippen molar-refractivity contribution in [3.05, 3.63) is 23.5 Å². The molecule has 0 aromatic carbocycles. The van der Waals surface area contributed by atoms with Crippen LogP contribution in [0.5, 0.6) is 5.75 Å². The number of aromatic hydroxyl groups is 1. The van der Waals surface area contributed by atoms with Crippen LogP contribution in [-0.4, -0.2) is 107 Å². The molecule has 9 heteroatoms. The second-order valence-electron chi connectivity index (χ2n) is 9.72. The molecule has 1 aromatic rings. The quantitative estimate of drug-likeness (QED) is 0.708. The Hall–Kier alpha value is -2.23. The average Bonchev–Trinajstić information content (AvgIpc) is 2.83. The number of pyridine rings is 1. The Labute approximate surface area is 202 Å². The van der Waals surface area contributed by atoms with Crippen LogP contribution >= 0.6 is 0 Å². The monoisotopic (exact) mass is 473 g/mol. The van der Waals surface area contributed by atoms with E-state index < -0.39 is 0 Å². The van der Waals surface area contributed by atoms with Gasteiger partial charge in [0.1, 0.15) is 5.75 Å². The average molecular weight is 474 g/mol. The number of rotatable bonds is 4. The maximum Gasteiger partial charge on any atom is 0.236 e. The van der Waals surface area contributed by atoms with E-state index in [1.165, 1.54) is 12.8 Å². The first-order valence-corrected chi connectivity index (χ1v) is 12.8. The van der Waals surface area contributed by atoms with Crippen LogP contribution in [0.3, 0.4) is 0 Å². The first-order valence-electron chi connectivity index (χ1n) is 12.8. The van der Waals surface area contributed by atoms with Gasteiger partial charge < -0.3 is 19.6 Å². The van der Waals surface area contributed by atoms with Crippen molar-refractivity contribution in [3.8, 4) is 5.75 Å². The van der Waals surface area contributed by atoms with Crippen molar-refractivity contribution in [2.45, 2.75) is 51.6 Å². The first-order chi connectivity index (χ1) is 16.6. The van der Waals surface area contributed by atoms with Crippen LogP contribution in [0.1, 0.15) is 49.9 Å². The van der Waals surface area contributed by atoms with E-state index in [2.05, 4.69) is 9.80 Å². The zero-order chi connectivity index (χ0) is 23.8.